The van der Waals surface area contributed by atoms with Gasteiger partial charge in [0.05, 0.1) is 0 Å². The summed E-state index contributed by atoms with van der Waals surface area (Å²) in [4.78, 5) is 21.8. The van der Waals surface area contributed by atoms with E-state index in [1.807, 2.05) is 0 Å². The largest absolute Gasteiger partial charge is 0.386 e. The summed E-state index contributed by atoms with van der Waals surface area (Å²) in [5.41, 5.74) is 0.341. The lowest BCUT2D eigenvalue weighted by molar-refractivity contribution is -0.153. The van der Waals surface area contributed by atoms with E-state index in [1.54, 1.807) is 0 Å². The molecule has 3 heteroatoms. The quantitative estimate of drug-likeness (QED) is 0.283. The van der Waals surface area contributed by atoms with Crippen molar-refractivity contribution in [3.8, 4) is 0 Å². The normalized spacial score (nSPS) is 9.21. The van der Waals surface area contributed by atoms with Gasteiger partial charge in [0.15, 0.2) is 0 Å². The lowest BCUT2D eigenvalue weighted by Gasteiger charge is -2.02. The summed E-state index contributed by atoms with van der Waals surface area (Å²) in [6.45, 7) is 8.82. The van der Waals surface area contributed by atoms with E-state index in [0.717, 1.165) is 25.3 Å². The van der Waals surface area contributed by atoms with Crippen LogP contribution in [0.25, 0.3) is 0 Å². The molecule has 0 atom stereocenters. The maximum Gasteiger partial charge on any atom is 0.341 e. The van der Waals surface area contributed by atoms with Crippen LogP contribution in [-0.2, 0) is 14.3 Å². The lowest BCUT2D eigenvalue weighted by atomic mass is 10.1. The Morgan fingerprint density at radius 1 is 1.36 bits per heavy atom. The van der Waals surface area contributed by atoms with Gasteiger partial charge in [0.1, 0.15) is 0 Å². The molecule has 0 rings (SSSR count). The van der Waals surface area contributed by atoms with Crippen LogP contribution >= 0.6 is 0 Å². The molecule has 0 unspecified atom stereocenters. The van der Waals surface area contributed by atoms with Gasteiger partial charge in [-0.25, -0.2) is 9.59 Å². The van der Waals surface area contributed by atoms with Crippen LogP contribution in [0.15, 0.2) is 24.8 Å². The lowest BCUT2D eigenvalue weighted by Crippen LogP contribution is -2.11. The minimum absolute atomic E-state index is 0.341. The number of rotatable bonds is 6. The number of esters is 2. The summed E-state index contributed by atoms with van der Waals surface area (Å²) >= 11 is 0. The second kappa shape index (κ2) is 7.06. The van der Waals surface area contributed by atoms with Gasteiger partial charge in [-0.15, -0.1) is 0 Å². The van der Waals surface area contributed by atoms with Crippen molar-refractivity contribution in [2.45, 2.75) is 32.6 Å². The summed E-state index contributed by atoms with van der Waals surface area (Å²) in [5.74, 6) is -1.38. The summed E-state index contributed by atoms with van der Waals surface area (Å²) < 4.78 is 4.40. The van der Waals surface area contributed by atoms with Crippen LogP contribution in [-0.4, -0.2) is 11.9 Å². The summed E-state index contributed by atoms with van der Waals surface area (Å²) in [6.07, 6.45) is 4.55. The SMILES string of the molecule is C=CC(=O)OC(=O)C(=C)CCCCC. The highest BCUT2D eigenvalue weighted by Gasteiger charge is 2.10. The molecule has 0 bridgehead atoms. The van der Waals surface area contributed by atoms with Gasteiger partial charge in [0, 0.05) is 11.6 Å². The van der Waals surface area contributed by atoms with E-state index in [4.69, 9.17) is 0 Å². The average molecular weight is 196 g/mol. The average Bonchev–Trinajstić information content (AvgIpc) is 2.17. The van der Waals surface area contributed by atoms with Gasteiger partial charge >= 0.3 is 11.9 Å². The minimum atomic E-state index is -0.730. The van der Waals surface area contributed by atoms with Gasteiger partial charge in [-0.05, 0) is 12.8 Å². The summed E-state index contributed by atoms with van der Waals surface area (Å²) in [6, 6.07) is 0. The van der Waals surface area contributed by atoms with E-state index in [1.165, 1.54) is 0 Å². The van der Waals surface area contributed by atoms with Gasteiger partial charge < -0.3 is 4.74 Å². The predicted octanol–water partition coefficient (Wildman–Crippen LogP) is 2.38. The highest BCUT2D eigenvalue weighted by molar-refractivity contribution is 5.98. The minimum Gasteiger partial charge on any atom is -0.386 e. The molecule has 14 heavy (non-hydrogen) atoms. The molecule has 0 saturated carbocycles. The Bertz CT molecular complexity index is 241. The molecule has 0 aromatic heterocycles. The van der Waals surface area contributed by atoms with Gasteiger partial charge in [-0.1, -0.05) is 32.9 Å². The molecule has 0 aliphatic rings. The molecule has 0 aliphatic heterocycles. The maximum atomic E-state index is 11.1. The highest BCUT2D eigenvalue weighted by Crippen LogP contribution is 2.08. The van der Waals surface area contributed by atoms with Crippen LogP contribution in [0, 0.1) is 0 Å². The van der Waals surface area contributed by atoms with Gasteiger partial charge in [-0.3, -0.25) is 0 Å². The zero-order chi connectivity index (χ0) is 11.0. The van der Waals surface area contributed by atoms with E-state index in [-0.39, 0.29) is 0 Å². The van der Waals surface area contributed by atoms with Crippen LogP contribution in [0.3, 0.4) is 0 Å². The molecule has 78 valence electrons. The van der Waals surface area contributed by atoms with Crippen molar-refractivity contribution in [2.75, 3.05) is 0 Å². The van der Waals surface area contributed by atoms with Crippen molar-refractivity contribution >= 4 is 11.9 Å². The Hall–Kier alpha value is -1.38. The van der Waals surface area contributed by atoms with E-state index in [0.29, 0.717) is 12.0 Å². The first-order chi connectivity index (χ1) is 6.61. The summed E-state index contributed by atoms with van der Waals surface area (Å²) in [5, 5.41) is 0. The van der Waals surface area contributed by atoms with E-state index >= 15 is 0 Å². The zero-order valence-corrected chi connectivity index (χ0v) is 8.54. The van der Waals surface area contributed by atoms with Crippen molar-refractivity contribution in [1.82, 2.24) is 0 Å². The van der Waals surface area contributed by atoms with Crippen molar-refractivity contribution in [1.29, 1.82) is 0 Å². The molecule has 3 nitrogen and oxygen atoms in total. The van der Waals surface area contributed by atoms with Crippen LogP contribution in [0.5, 0.6) is 0 Å². The maximum absolute atomic E-state index is 11.1. The number of unbranched alkanes of at least 4 members (excludes halogenated alkanes) is 2. The number of hydrogen-bond acceptors (Lipinski definition) is 3. The highest BCUT2D eigenvalue weighted by atomic mass is 16.6. The topological polar surface area (TPSA) is 43.4 Å². The molecule has 0 aromatic rings. The number of ether oxygens (including phenoxy) is 1. The Morgan fingerprint density at radius 3 is 2.50 bits per heavy atom. The third-order valence-electron chi connectivity index (χ3n) is 1.73. The Labute approximate surface area is 84.4 Å². The molecular formula is C11H16O3. The first-order valence-corrected chi connectivity index (χ1v) is 4.68. The van der Waals surface area contributed by atoms with Crippen LogP contribution in [0.2, 0.25) is 0 Å². The molecule has 0 heterocycles. The molecule has 0 amide bonds. The first-order valence-electron chi connectivity index (χ1n) is 4.68. The fraction of sp³-hybridized carbons (Fsp3) is 0.455. The molecule has 0 radical (unpaired) electrons. The van der Waals surface area contributed by atoms with Crippen molar-refractivity contribution in [3.05, 3.63) is 24.8 Å². The summed E-state index contributed by atoms with van der Waals surface area (Å²) in [7, 11) is 0. The monoisotopic (exact) mass is 196 g/mol. The molecule has 0 aromatic carbocycles. The Balaban J connectivity index is 3.82. The van der Waals surface area contributed by atoms with E-state index < -0.39 is 11.9 Å². The second-order valence-corrected chi connectivity index (χ2v) is 2.97. The molecule has 0 spiro atoms. The van der Waals surface area contributed by atoms with Crippen molar-refractivity contribution in [2.24, 2.45) is 0 Å². The second-order valence-electron chi connectivity index (χ2n) is 2.97. The smallest absolute Gasteiger partial charge is 0.341 e. The number of carbonyl (C=O) groups is 2. The van der Waals surface area contributed by atoms with Crippen molar-refractivity contribution in [3.63, 3.8) is 0 Å². The fourth-order valence-electron chi connectivity index (χ4n) is 0.896. The van der Waals surface area contributed by atoms with Gasteiger partial charge in [-0.2, -0.15) is 0 Å². The van der Waals surface area contributed by atoms with E-state index in [2.05, 4.69) is 24.8 Å². The molecule has 0 aliphatic carbocycles. The Morgan fingerprint density at radius 2 is 2.00 bits per heavy atom. The Kier molecular flexibility index (Phi) is 6.37. The standard InChI is InChI=1S/C11H16O3/c1-4-6-7-8-9(3)11(13)14-10(12)5-2/h5H,2-4,6-8H2,1H3. The zero-order valence-electron chi connectivity index (χ0n) is 8.54. The van der Waals surface area contributed by atoms with E-state index in [9.17, 15) is 9.59 Å². The van der Waals surface area contributed by atoms with Crippen molar-refractivity contribution < 1.29 is 14.3 Å². The number of hydrogen-bond donors (Lipinski definition) is 0. The first kappa shape index (κ1) is 12.6. The fourth-order valence-corrected chi connectivity index (χ4v) is 0.896. The number of carbonyl (C=O) groups excluding carboxylic acids is 2. The van der Waals surface area contributed by atoms with Crippen LogP contribution in [0.4, 0.5) is 0 Å². The van der Waals surface area contributed by atoms with Crippen LogP contribution < -0.4 is 0 Å². The molecule has 0 fully saturated rings. The van der Waals surface area contributed by atoms with Gasteiger partial charge in [0.25, 0.3) is 0 Å². The third-order valence-corrected chi connectivity index (χ3v) is 1.73. The predicted molar refractivity (Wildman–Crippen MR) is 54.6 cm³/mol. The third kappa shape index (κ3) is 5.30. The molecular weight excluding hydrogens is 180 g/mol. The molecule has 0 N–H and O–H groups in total. The molecule has 0 saturated heterocycles. The van der Waals surface area contributed by atoms with Gasteiger partial charge in [0.2, 0.25) is 0 Å². The van der Waals surface area contributed by atoms with Crippen LogP contribution in [0.1, 0.15) is 32.6 Å².